The summed E-state index contributed by atoms with van der Waals surface area (Å²) in [6.45, 7) is 8.67. The lowest BCUT2D eigenvalue weighted by Gasteiger charge is -2.44. The Balaban J connectivity index is 1.69. The molecule has 1 aromatic heterocycles. The Labute approximate surface area is 208 Å². The second-order valence-electron chi connectivity index (χ2n) is 11.1. The molecule has 2 heterocycles. The number of amides is 2. The van der Waals surface area contributed by atoms with Crippen molar-refractivity contribution in [1.82, 2.24) is 20.0 Å². The predicted octanol–water partition coefficient (Wildman–Crippen LogP) is 5.48. The van der Waals surface area contributed by atoms with Crippen molar-refractivity contribution in [2.24, 2.45) is 0 Å². The summed E-state index contributed by atoms with van der Waals surface area (Å²) in [5.41, 5.74) is 0.917. The van der Waals surface area contributed by atoms with Crippen molar-refractivity contribution < 1.29 is 9.59 Å². The molecule has 0 spiro atoms. The highest BCUT2D eigenvalue weighted by Crippen LogP contribution is 2.33. The second kappa shape index (κ2) is 9.73. The van der Waals surface area contributed by atoms with Crippen molar-refractivity contribution in [3.63, 3.8) is 0 Å². The van der Waals surface area contributed by atoms with Crippen LogP contribution in [0.4, 0.5) is 0 Å². The first-order valence-corrected chi connectivity index (χ1v) is 12.9. The topological polar surface area (TPSA) is 67.2 Å². The number of fused-ring (bicyclic) bond motifs is 1. The smallest absolute Gasteiger partial charge is 0.273 e. The molecule has 6 nitrogen and oxygen atoms in total. The van der Waals surface area contributed by atoms with Gasteiger partial charge in [-0.15, -0.1) is 0 Å². The van der Waals surface area contributed by atoms with E-state index in [4.69, 9.17) is 16.7 Å². The van der Waals surface area contributed by atoms with Crippen molar-refractivity contribution in [2.75, 3.05) is 0 Å². The Morgan fingerprint density at radius 3 is 2.44 bits per heavy atom. The number of nitrogens with zero attached hydrogens (tertiary/aromatic N) is 3. The van der Waals surface area contributed by atoms with Gasteiger partial charge in [-0.25, -0.2) is 0 Å². The highest BCUT2D eigenvalue weighted by molar-refractivity contribution is 6.31. The number of rotatable bonds is 4. The molecule has 1 aliphatic heterocycles. The number of nitrogens with one attached hydrogen (secondary N) is 1. The number of hydrogen-bond acceptors (Lipinski definition) is 3. The summed E-state index contributed by atoms with van der Waals surface area (Å²) >= 11 is 6.46. The first-order chi connectivity index (χ1) is 16.1. The van der Waals surface area contributed by atoms with E-state index in [9.17, 15) is 9.59 Å². The molecular formula is C27H37ClN4O2. The fourth-order valence-corrected chi connectivity index (χ4v) is 5.19. The Hall–Kier alpha value is -2.34. The van der Waals surface area contributed by atoms with E-state index in [1.54, 1.807) is 9.58 Å². The lowest BCUT2D eigenvalue weighted by atomic mass is 9.91. The molecule has 184 valence electrons. The summed E-state index contributed by atoms with van der Waals surface area (Å²) in [7, 11) is 0. The van der Waals surface area contributed by atoms with Crippen LogP contribution in [0.2, 0.25) is 5.02 Å². The van der Waals surface area contributed by atoms with Crippen LogP contribution in [-0.2, 0) is 23.3 Å². The molecule has 0 saturated heterocycles. The zero-order valence-corrected chi connectivity index (χ0v) is 21.6. The Morgan fingerprint density at radius 2 is 1.79 bits per heavy atom. The van der Waals surface area contributed by atoms with Crippen LogP contribution in [-0.4, -0.2) is 38.1 Å². The monoisotopic (exact) mass is 484 g/mol. The van der Waals surface area contributed by atoms with E-state index < -0.39 is 5.54 Å². The maximum Gasteiger partial charge on any atom is 0.273 e. The fraction of sp³-hybridized carbons (Fsp3) is 0.593. The van der Waals surface area contributed by atoms with Crippen LogP contribution in [0.1, 0.15) is 94.4 Å². The van der Waals surface area contributed by atoms with Gasteiger partial charge in [-0.2, -0.15) is 5.10 Å². The Morgan fingerprint density at radius 1 is 1.15 bits per heavy atom. The molecule has 0 unspecified atom stereocenters. The molecule has 1 N–H and O–H groups in total. The van der Waals surface area contributed by atoms with Gasteiger partial charge in [-0.3, -0.25) is 14.3 Å². The van der Waals surface area contributed by atoms with Gasteiger partial charge in [0, 0.05) is 23.0 Å². The Bertz CT molecular complexity index is 1050. The number of benzene rings is 1. The number of halogens is 1. The molecule has 2 aliphatic rings. The molecule has 1 aromatic carbocycles. The van der Waals surface area contributed by atoms with Crippen molar-refractivity contribution in [2.45, 2.75) is 103 Å². The number of hydrogen-bond donors (Lipinski definition) is 1. The quantitative estimate of drug-likeness (QED) is 0.625. The van der Waals surface area contributed by atoms with E-state index in [2.05, 4.69) is 26.1 Å². The third-order valence-corrected chi connectivity index (χ3v) is 7.65. The average molecular weight is 485 g/mol. The molecule has 4 rings (SSSR count). The van der Waals surface area contributed by atoms with E-state index in [1.807, 2.05) is 37.3 Å². The number of carbonyl (C=O) groups excluding carboxylic acids is 2. The summed E-state index contributed by atoms with van der Waals surface area (Å²) < 4.78 is 1.73. The maximum absolute atomic E-state index is 13.9. The zero-order valence-electron chi connectivity index (χ0n) is 20.9. The van der Waals surface area contributed by atoms with Crippen LogP contribution >= 0.6 is 11.6 Å². The summed E-state index contributed by atoms with van der Waals surface area (Å²) in [5.74, 6) is -0.304. The minimum absolute atomic E-state index is 0.114. The van der Waals surface area contributed by atoms with E-state index in [-0.39, 0.29) is 29.8 Å². The van der Waals surface area contributed by atoms with Crippen LogP contribution in [0, 0.1) is 0 Å². The van der Waals surface area contributed by atoms with E-state index in [0.29, 0.717) is 17.3 Å². The second-order valence-corrected chi connectivity index (χ2v) is 11.5. The van der Waals surface area contributed by atoms with Crippen LogP contribution < -0.4 is 5.32 Å². The van der Waals surface area contributed by atoms with Crippen LogP contribution in [0.5, 0.6) is 0 Å². The average Bonchev–Trinajstić information content (AvgIpc) is 3.18. The molecule has 7 heteroatoms. The van der Waals surface area contributed by atoms with Crippen molar-refractivity contribution in [3.05, 3.63) is 52.3 Å². The van der Waals surface area contributed by atoms with Gasteiger partial charge in [-0.05, 0) is 37.5 Å². The molecule has 34 heavy (non-hydrogen) atoms. The van der Waals surface area contributed by atoms with E-state index >= 15 is 0 Å². The zero-order chi connectivity index (χ0) is 24.5. The molecule has 0 radical (unpaired) electrons. The first kappa shape index (κ1) is 24.8. The van der Waals surface area contributed by atoms with Crippen molar-refractivity contribution >= 4 is 23.4 Å². The highest BCUT2D eigenvalue weighted by atomic mass is 35.5. The molecule has 1 atom stereocenters. The molecule has 1 saturated carbocycles. The van der Waals surface area contributed by atoms with Gasteiger partial charge >= 0.3 is 0 Å². The summed E-state index contributed by atoms with van der Waals surface area (Å²) in [5, 5.41) is 8.65. The van der Waals surface area contributed by atoms with E-state index in [1.165, 1.54) is 19.3 Å². The van der Waals surface area contributed by atoms with Gasteiger partial charge in [0.05, 0.1) is 12.2 Å². The molecule has 2 amide bonds. The molecule has 1 aliphatic carbocycles. The van der Waals surface area contributed by atoms with Crippen LogP contribution in [0.25, 0.3) is 0 Å². The summed E-state index contributed by atoms with van der Waals surface area (Å²) in [4.78, 5) is 29.4. The molecular weight excluding hydrogens is 448 g/mol. The minimum Gasteiger partial charge on any atom is -0.351 e. The van der Waals surface area contributed by atoms with Crippen LogP contribution in [0.15, 0.2) is 30.3 Å². The standard InChI is InChI=1S/C27H37ClN4O2/c1-26(2,3)23-16-22-24(33)31(17-19-12-10-11-15-21(19)28)27(4,18-32(22)30-23)25(34)29-20-13-8-6-5-7-9-14-20/h10-12,15-16,20H,5-9,13-14,17-18H2,1-4H3,(H,29,34)/t27-/m0/s1. The van der Waals surface area contributed by atoms with Gasteiger partial charge in [-0.1, -0.05) is 82.7 Å². The lowest BCUT2D eigenvalue weighted by molar-refractivity contribution is -0.134. The molecule has 1 fully saturated rings. The SMILES string of the molecule is CC(C)(C)c1cc2n(n1)C[C@@](C)(C(=O)NC1CCCCCCC1)N(Cc1ccccc1Cl)C2=O. The van der Waals surface area contributed by atoms with Gasteiger partial charge < -0.3 is 10.2 Å². The van der Waals surface area contributed by atoms with Gasteiger partial charge in [0.25, 0.3) is 5.91 Å². The minimum atomic E-state index is -1.08. The number of carbonyl (C=O) groups is 2. The first-order valence-electron chi connectivity index (χ1n) is 12.5. The maximum atomic E-state index is 13.9. The van der Waals surface area contributed by atoms with Gasteiger partial charge in [0.2, 0.25) is 5.91 Å². The third kappa shape index (κ3) is 5.02. The normalized spacial score (nSPS) is 22.1. The van der Waals surface area contributed by atoms with Crippen molar-refractivity contribution in [1.29, 1.82) is 0 Å². The fourth-order valence-electron chi connectivity index (χ4n) is 4.99. The van der Waals surface area contributed by atoms with Crippen molar-refractivity contribution in [3.8, 4) is 0 Å². The highest BCUT2D eigenvalue weighted by Gasteiger charge is 2.48. The molecule has 0 bridgehead atoms. The lowest BCUT2D eigenvalue weighted by Crippen LogP contribution is -2.64. The summed E-state index contributed by atoms with van der Waals surface area (Å²) in [6, 6.07) is 9.52. The van der Waals surface area contributed by atoms with Gasteiger partial charge in [0.15, 0.2) is 0 Å². The van der Waals surface area contributed by atoms with Crippen LogP contribution in [0.3, 0.4) is 0 Å². The number of aromatic nitrogens is 2. The summed E-state index contributed by atoms with van der Waals surface area (Å²) in [6.07, 6.45) is 7.93. The third-order valence-electron chi connectivity index (χ3n) is 7.28. The van der Waals surface area contributed by atoms with Gasteiger partial charge in [0.1, 0.15) is 11.2 Å². The molecule has 2 aromatic rings. The Kier molecular flexibility index (Phi) is 7.09. The largest absolute Gasteiger partial charge is 0.351 e. The predicted molar refractivity (Wildman–Crippen MR) is 135 cm³/mol. The van der Waals surface area contributed by atoms with E-state index in [0.717, 1.165) is 36.9 Å².